The molecule has 0 aliphatic heterocycles. The van der Waals surface area contributed by atoms with Gasteiger partial charge in [-0.1, -0.05) is 6.07 Å². The smallest absolute Gasteiger partial charge is 0.0640 e. The minimum absolute atomic E-state index is 0.545. The Balaban J connectivity index is 2.52. The molecule has 0 aliphatic carbocycles. The number of rotatable bonds is 4. The molecule has 1 aromatic carbocycles. The summed E-state index contributed by atoms with van der Waals surface area (Å²) in [6.07, 6.45) is 2.60. The van der Waals surface area contributed by atoms with Gasteiger partial charge in [0.25, 0.3) is 0 Å². The fourth-order valence-electron chi connectivity index (χ4n) is 0.996. The first-order chi connectivity index (χ1) is 6.36. The standard InChI is InChI=1S/C10H12N2S/c1-13-10-5-2-4-9(8-10)12-7-3-6-11/h2,4-5,8,12H,3,7H2,1H3. The SMILES string of the molecule is CSc1cccc(NCCC#N)c1. The molecule has 0 amide bonds. The van der Waals surface area contributed by atoms with E-state index in [0.717, 1.165) is 5.69 Å². The summed E-state index contributed by atoms with van der Waals surface area (Å²) < 4.78 is 0. The van der Waals surface area contributed by atoms with Crippen LogP contribution in [0.15, 0.2) is 29.2 Å². The Hall–Kier alpha value is -1.14. The van der Waals surface area contributed by atoms with Crippen molar-refractivity contribution in [1.29, 1.82) is 5.26 Å². The first kappa shape index (κ1) is 9.94. The normalized spacial score (nSPS) is 9.23. The molecule has 0 aliphatic rings. The van der Waals surface area contributed by atoms with Gasteiger partial charge in [-0.05, 0) is 24.5 Å². The van der Waals surface area contributed by atoms with E-state index in [-0.39, 0.29) is 0 Å². The first-order valence-electron chi connectivity index (χ1n) is 4.11. The zero-order chi connectivity index (χ0) is 9.52. The fraction of sp³-hybridized carbons (Fsp3) is 0.300. The molecule has 0 bridgehead atoms. The molecular formula is C10H12N2S. The van der Waals surface area contributed by atoms with Crippen LogP contribution in [0.5, 0.6) is 0 Å². The second kappa shape index (κ2) is 5.50. The van der Waals surface area contributed by atoms with Crippen molar-refractivity contribution in [2.45, 2.75) is 11.3 Å². The van der Waals surface area contributed by atoms with Crippen molar-refractivity contribution in [1.82, 2.24) is 0 Å². The first-order valence-corrected chi connectivity index (χ1v) is 5.34. The minimum atomic E-state index is 0.545. The molecule has 0 saturated carbocycles. The molecule has 0 saturated heterocycles. The fourth-order valence-corrected chi connectivity index (χ4v) is 1.46. The predicted octanol–water partition coefficient (Wildman–Crippen LogP) is 2.73. The number of nitriles is 1. The van der Waals surface area contributed by atoms with Crippen LogP contribution in [0, 0.1) is 11.3 Å². The van der Waals surface area contributed by atoms with E-state index in [4.69, 9.17) is 5.26 Å². The van der Waals surface area contributed by atoms with E-state index in [2.05, 4.69) is 23.5 Å². The van der Waals surface area contributed by atoms with E-state index in [1.54, 1.807) is 11.8 Å². The van der Waals surface area contributed by atoms with Crippen LogP contribution in [0.4, 0.5) is 5.69 Å². The summed E-state index contributed by atoms with van der Waals surface area (Å²) >= 11 is 1.72. The zero-order valence-electron chi connectivity index (χ0n) is 7.58. The van der Waals surface area contributed by atoms with Crippen molar-refractivity contribution in [2.24, 2.45) is 0 Å². The Bertz CT molecular complexity index is 304. The summed E-state index contributed by atoms with van der Waals surface area (Å²) in [5.74, 6) is 0. The lowest BCUT2D eigenvalue weighted by molar-refractivity contribution is 1.07. The van der Waals surface area contributed by atoms with Gasteiger partial charge < -0.3 is 5.32 Å². The Labute approximate surface area is 83.0 Å². The van der Waals surface area contributed by atoms with Crippen molar-refractivity contribution in [3.63, 3.8) is 0 Å². The molecule has 0 radical (unpaired) electrons. The summed E-state index contributed by atoms with van der Waals surface area (Å²) in [6.45, 7) is 0.717. The van der Waals surface area contributed by atoms with Gasteiger partial charge >= 0.3 is 0 Å². The Kier molecular flexibility index (Phi) is 4.20. The van der Waals surface area contributed by atoms with Gasteiger partial charge in [0.1, 0.15) is 0 Å². The van der Waals surface area contributed by atoms with Gasteiger partial charge in [-0.3, -0.25) is 0 Å². The Morgan fingerprint density at radius 2 is 2.38 bits per heavy atom. The molecule has 13 heavy (non-hydrogen) atoms. The van der Waals surface area contributed by atoms with Gasteiger partial charge in [-0.25, -0.2) is 0 Å². The summed E-state index contributed by atoms with van der Waals surface area (Å²) in [6, 6.07) is 10.3. The Morgan fingerprint density at radius 3 is 3.08 bits per heavy atom. The third-order valence-electron chi connectivity index (χ3n) is 1.64. The molecule has 0 heterocycles. The monoisotopic (exact) mass is 192 g/mol. The highest BCUT2D eigenvalue weighted by Crippen LogP contribution is 2.18. The molecule has 2 nitrogen and oxygen atoms in total. The zero-order valence-corrected chi connectivity index (χ0v) is 8.40. The lowest BCUT2D eigenvalue weighted by Gasteiger charge is -2.04. The van der Waals surface area contributed by atoms with Crippen molar-refractivity contribution in [3.05, 3.63) is 24.3 Å². The van der Waals surface area contributed by atoms with Crippen LogP contribution in [0.25, 0.3) is 0 Å². The molecule has 0 atom stereocenters. The summed E-state index contributed by atoms with van der Waals surface area (Å²) in [4.78, 5) is 1.24. The van der Waals surface area contributed by atoms with Crippen molar-refractivity contribution >= 4 is 17.4 Å². The van der Waals surface area contributed by atoms with Gasteiger partial charge in [-0.2, -0.15) is 5.26 Å². The van der Waals surface area contributed by atoms with Crippen LogP contribution >= 0.6 is 11.8 Å². The van der Waals surface area contributed by atoms with Gasteiger partial charge in [0.15, 0.2) is 0 Å². The number of hydrogen-bond donors (Lipinski definition) is 1. The number of thioether (sulfide) groups is 1. The molecule has 0 unspecified atom stereocenters. The average molecular weight is 192 g/mol. The van der Waals surface area contributed by atoms with E-state index < -0.39 is 0 Å². The molecule has 0 spiro atoms. The van der Waals surface area contributed by atoms with Crippen LogP contribution in [-0.4, -0.2) is 12.8 Å². The van der Waals surface area contributed by atoms with Crippen molar-refractivity contribution in [2.75, 3.05) is 18.1 Å². The molecule has 1 rings (SSSR count). The van der Waals surface area contributed by atoms with Crippen molar-refractivity contribution < 1.29 is 0 Å². The minimum Gasteiger partial charge on any atom is -0.384 e. The topological polar surface area (TPSA) is 35.8 Å². The second-order valence-corrected chi connectivity index (χ2v) is 3.45. The maximum Gasteiger partial charge on any atom is 0.0640 e. The Morgan fingerprint density at radius 1 is 1.54 bits per heavy atom. The summed E-state index contributed by atoms with van der Waals surface area (Å²) in [7, 11) is 0. The van der Waals surface area contributed by atoms with E-state index >= 15 is 0 Å². The largest absolute Gasteiger partial charge is 0.384 e. The highest BCUT2D eigenvalue weighted by Gasteiger charge is 1.92. The highest BCUT2D eigenvalue weighted by molar-refractivity contribution is 7.98. The van der Waals surface area contributed by atoms with E-state index in [0.29, 0.717) is 13.0 Å². The van der Waals surface area contributed by atoms with E-state index in [1.165, 1.54) is 4.90 Å². The lowest BCUT2D eigenvalue weighted by Crippen LogP contribution is -1.99. The molecule has 0 fully saturated rings. The number of anilines is 1. The number of benzene rings is 1. The quantitative estimate of drug-likeness (QED) is 0.588. The van der Waals surface area contributed by atoms with Crippen LogP contribution in [0.3, 0.4) is 0 Å². The summed E-state index contributed by atoms with van der Waals surface area (Å²) in [5, 5.41) is 11.5. The molecule has 1 N–H and O–H groups in total. The van der Waals surface area contributed by atoms with Crippen LogP contribution in [-0.2, 0) is 0 Å². The van der Waals surface area contributed by atoms with E-state index in [9.17, 15) is 0 Å². The summed E-state index contributed by atoms with van der Waals surface area (Å²) in [5.41, 5.74) is 1.09. The van der Waals surface area contributed by atoms with Crippen LogP contribution in [0.2, 0.25) is 0 Å². The average Bonchev–Trinajstić information content (AvgIpc) is 2.19. The molecule has 3 heteroatoms. The van der Waals surface area contributed by atoms with Gasteiger partial charge in [-0.15, -0.1) is 11.8 Å². The maximum absolute atomic E-state index is 8.35. The highest BCUT2D eigenvalue weighted by atomic mass is 32.2. The molecule has 1 aromatic rings. The predicted molar refractivity (Wildman–Crippen MR) is 56.9 cm³/mol. The lowest BCUT2D eigenvalue weighted by atomic mass is 10.3. The molecular weight excluding hydrogens is 180 g/mol. The second-order valence-electron chi connectivity index (χ2n) is 2.57. The molecule has 68 valence electrons. The van der Waals surface area contributed by atoms with E-state index in [1.807, 2.05) is 18.4 Å². The molecule has 0 aromatic heterocycles. The maximum atomic E-state index is 8.35. The third-order valence-corrected chi connectivity index (χ3v) is 2.36. The number of hydrogen-bond acceptors (Lipinski definition) is 3. The van der Waals surface area contributed by atoms with Gasteiger partial charge in [0.05, 0.1) is 12.5 Å². The van der Waals surface area contributed by atoms with Gasteiger partial charge in [0.2, 0.25) is 0 Å². The number of nitrogens with zero attached hydrogens (tertiary/aromatic N) is 1. The third kappa shape index (κ3) is 3.39. The van der Waals surface area contributed by atoms with Crippen LogP contribution in [0.1, 0.15) is 6.42 Å². The van der Waals surface area contributed by atoms with Gasteiger partial charge in [0, 0.05) is 17.1 Å². The van der Waals surface area contributed by atoms with Crippen LogP contribution < -0.4 is 5.32 Å². The van der Waals surface area contributed by atoms with Crippen molar-refractivity contribution in [3.8, 4) is 6.07 Å². The number of nitrogens with one attached hydrogen (secondary N) is 1.